The maximum absolute atomic E-state index is 12.2. The fraction of sp³-hybridized carbons (Fsp3) is 0.304. The number of ether oxygens (including phenoxy) is 1. The van der Waals surface area contributed by atoms with E-state index in [1.165, 1.54) is 0 Å². The van der Waals surface area contributed by atoms with Gasteiger partial charge >= 0.3 is 6.09 Å². The number of nitrogens with zero attached hydrogens (tertiary/aromatic N) is 5. The van der Waals surface area contributed by atoms with Gasteiger partial charge in [0.05, 0.1) is 29.5 Å². The highest BCUT2D eigenvalue weighted by Crippen LogP contribution is 2.31. The number of hydrogen-bond acceptors (Lipinski definition) is 5. The Morgan fingerprint density at radius 3 is 2.55 bits per heavy atom. The van der Waals surface area contributed by atoms with Crippen LogP contribution in [-0.2, 0) is 18.3 Å². The summed E-state index contributed by atoms with van der Waals surface area (Å²) < 4.78 is 8.94. The lowest BCUT2D eigenvalue weighted by atomic mass is 10.1. The number of rotatable bonds is 4. The van der Waals surface area contributed by atoms with Crippen LogP contribution in [0.1, 0.15) is 32.0 Å². The van der Waals surface area contributed by atoms with Crippen LogP contribution in [0.15, 0.2) is 48.9 Å². The number of carbonyl (C=O) groups is 1. The van der Waals surface area contributed by atoms with Crippen LogP contribution in [0, 0.1) is 6.92 Å². The lowest BCUT2D eigenvalue weighted by molar-refractivity contribution is 0.0523. The number of carbonyl (C=O) groups excluding carboxylic acids is 1. The Bertz CT molecular complexity index is 1230. The average Bonchev–Trinajstić information content (AvgIpc) is 3.29. The summed E-state index contributed by atoms with van der Waals surface area (Å²) in [6.07, 6.45) is 5.03. The van der Waals surface area contributed by atoms with E-state index in [1.807, 2.05) is 77.5 Å². The number of alkyl carbamates (subject to hydrolysis) is 1. The smallest absolute Gasteiger partial charge is 0.407 e. The van der Waals surface area contributed by atoms with Gasteiger partial charge in [-0.1, -0.05) is 17.7 Å². The molecule has 1 amide bonds. The fourth-order valence-corrected chi connectivity index (χ4v) is 3.37. The van der Waals surface area contributed by atoms with Crippen molar-refractivity contribution in [2.75, 3.05) is 0 Å². The minimum Gasteiger partial charge on any atom is -0.444 e. The molecule has 0 aliphatic rings. The van der Waals surface area contributed by atoms with Crippen molar-refractivity contribution >= 4 is 17.1 Å². The van der Waals surface area contributed by atoms with E-state index < -0.39 is 11.7 Å². The molecule has 160 valence electrons. The van der Waals surface area contributed by atoms with Crippen molar-refractivity contribution in [2.24, 2.45) is 7.05 Å². The third-order valence-electron chi connectivity index (χ3n) is 4.73. The van der Waals surface area contributed by atoms with Crippen molar-refractivity contribution in [1.82, 2.24) is 29.9 Å². The van der Waals surface area contributed by atoms with Crippen LogP contribution < -0.4 is 5.32 Å². The van der Waals surface area contributed by atoms with Crippen molar-refractivity contribution in [2.45, 2.75) is 39.8 Å². The van der Waals surface area contributed by atoms with Crippen LogP contribution in [0.4, 0.5) is 4.79 Å². The van der Waals surface area contributed by atoms with Crippen molar-refractivity contribution in [3.05, 3.63) is 60.2 Å². The third-order valence-corrected chi connectivity index (χ3v) is 4.73. The second kappa shape index (κ2) is 7.86. The van der Waals surface area contributed by atoms with Crippen molar-refractivity contribution < 1.29 is 9.53 Å². The van der Waals surface area contributed by atoms with Gasteiger partial charge in [-0.2, -0.15) is 10.2 Å². The first-order valence-electron chi connectivity index (χ1n) is 10.1. The molecule has 0 bridgehead atoms. The quantitative estimate of drug-likeness (QED) is 0.538. The van der Waals surface area contributed by atoms with E-state index >= 15 is 0 Å². The molecule has 3 heterocycles. The van der Waals surface area contributed by atoms with E-state index in [9.17, 15) is 4.79 Å². The molecular formula is C23H26N6O2. The molecule has 31 heavy (non-hydrogen) atoms. The molecule has 0 radical (unpaired) electrons. The highest BCUT2D eigenvalue weighted by molar-refractivity contribution is 5.95. The summed E-state index contributed by atoms with van der Waals surface area (Å²) in [5, 5.41) is 12.8. The van der Waals surface area contributed by atoms with Crippen molar-refractivity contribution in [1.29, 1.82) is 0 Å². The van der Waals surface area contributed by atoms with Crippen LogP contribution in [0.2, 0.25) is 0 Å². The summed E-state index contributed by atoms with van der Waals surface area (Å²) in [6, 6.07) is 10.0. The Labute approximate surface area is 180 Å². The standard InChI is InChI=1S/C23H26N6O2/c1-15-6-8-17(9-7-15)29-21-20(18(10-11-24-21)16-12-26-28(5)14-16)19(27-29)13-25-22(30)31-23(2,3)4/h6-12,14H,13H2,1-5H3,(H,25,30). The van der Waals surface area contributed by atoms with Gasteiger partial charge in [0.2, 0.25) is 0 Å². The van der Waals surface area contributed by atoms with Gasteiger partial charge in [0.1, 0.15) is 5.60 Å². The highest BCUT2D eigenvalue weighted by Gasteiger charge is 2.20. The second-order valence-corrected chi connectivity index (χ2v) is 8.51. The van der Waals surface area contributed by atoms with Gasteiger partial charge < -0.3 is 10.1 Å². The second-order valence-electron chi connectivity index (χ2n) is 8.51. The fourth-order valence-electron chi connectivity index (χ4n) is 3.37. The molecule has 0 aliphatic heterocycles. The highest BCUT2D eigenvalue weighted by atomic mass is 16.6. The van der Waals surface area contributed by atoms with Crippen molar-refractivity contribution in [3.63, 3.8) is 0 Å². The molecule has 3 aromatic heterocycles. The molecule has 0 unspecified atom stereocenters. The largest absolute Gasteiger partial charge is 0.444 e. The maximum Gasteiger partial charge on any atom is 0.407 e. The van der Waals surface area contributed by atoms with E-state index in [1.54, 1.807) is 15.6 Å². The van der Waals surface area contributed by atoms with Gasteiger partial charge in [0.25, 0.3) is 0 Å². The van der Waals surface area contributed by atoms with Gasteiger partial charge in [-0.3, -0.25) is 4.68 Å². The molecule has 0 saturated carbocycles. The summed E-state index contributed by atoms with van der Waals surface area (Å²) in [6.45, 7) is 7.75. The molecule has 0 saturated heterocycles. The molecule has 0 spiro atoms. The number of nitrogens with one attached hydrogen (secondary N) is 1. The van der Waals surface area contributed by atoms with Gasteiger partial charge in [0.15, 0.2) is 5.65 Å². The molecule has 4 rings (SSSR count). The SMILES string of the molecule is Cc1ccc(-n2nc(CNC(=O)OC(C)(C)C)c3c(-c4cnn(C)c4)ccnc32)cc1. The number of hydrogen-bond donors (Lipinski definition) is 1. The number of fused-ring (bicyclic) bond motifs is 1. The lowest BCUT2D eigenvalue weighted by Gasteiger charge is -2.19. The zero-order valence-electron chi connectivity index (χ0n) is 18.4. The number of amides is 1. The molecule has 8 heteroatoms. The topological polar surface area (TPSA) is 86.9 Å². The monoisotopic (exact) mass is 418 g/mol. The first-order chi connectivity index (χ1) is 14.7. The van der Waals surface area contributed by atoms with E-state index in [-0.39, 0.29) is 6.54 Å². The van der Waals surface area contributed by atoms with Crippen LogP contribution >= 0.6 is 0 Å². The summed E-state index contributed by atoms with van der Waals surface area (Å²) in [5.41, 5.74) is 4.82. The predicted molar refractivity (Wildman–Crippen MR) is 119 cm³/mol. The van der Waals surface area contributed by atoms with E-state index in [4.69, 9.17) is 9.84 Å². The maximum atomic E-state index is 12.2. The van der Waals surface area contributed by atoms with Crippen LogP contribution in [0.5, 0.6) is 0 Å². The Morgan fingerprint density at radius 2 is 1.90 bits per heavy atom. The summed E-state index contributed by atoms with van der Waals surface area (Å²) >= 11 is 0. The van der Waals surface area contributed by atoms with Crippen LogP contribution in [0.25, 0.3) is 27.8 Å². The van der Waals surface area contributed by atoms with Gasteiger partial charge in [-0.25, -0.2) is 14.5 Å². The Morgan fingerprint density at radius 1 is 1.16 bits per heavy atom. The molecule has 8 nitrogen and oxygen atoms in total. The van der Waals surface area contributed by atoms with Crippen LogP contribution in [-0.4, -0.2) is 36.2 Å². The number of benzene rings is 1. The zero-order chi connectivity index (χ0) is 22.2. The van der Waals surface area contributed by atoms with Crippen LogP contribution in [0.3, 0.4) is 0 Å². The average molecular weight is 419 g/mol. The minimum atomic E-state index is -0.574. The van der Waals surface area contributed by atoms with Gasteiger partial charge in [-0.05, 0) is 51.5 Å². The number of aromatic nitrogens is 5. The van der Waals surface area contributed by atoms with E-state index in [2.05, 4.69) is 15.4 Å². The molecular weight excluding hydrogens is 392 g/mol. The first-order valence-corrected chi connectivity index (χ1v) is 10.1. The summed E-state index contributed by atoms with van der Waals surface area (Å²) in [7, 11) is 1.88. The van der Waals surface area contributed by atoms with E-state index in [0.717, 1.165) is 27.8 Å². The first kappa shape index (κ1) is 20.6. The minimum absolute atomic E-state index is 0.212. The molecule has 0 aliphatic carbocycles. The molecule has 0 fully saturated rings. The molecule has 0 atom stereocenters. The Kier molecular flexibility index (Phi) is 5.22. The van der Waals surface area contributed by atoms with Gasteiger partial charge in [0, 0.05) is 25.0 Å². The molecule has 1 aromatic carbocycles. The van der Waals surface area contributed by atoms with Gasteiger partial charge in [-0.15, -0.1) is 0 Å². The Hall–Kier alpha value is -3.68. The summed E-state index contributed by atoms with van der Waals surface area (Å²) in [4.78, 5) is 16.9. The number of aryl methyl sites for hydroxylation is 2. The van der Waals surface area contributed by atoms with E-state index in [0.29, 0.717) is 11.3 Å². The third kappa shape index (κ3) is 4.42. The summed E-state index contributed by atoms with van der Waals surface area (Å²) in [5.74, 6) is 0. The normalized spacial score (nSPS) is 11.6. The zero-order valence-corrected chi connectivity index (χ0v) is 18.4. The Balaban J connectivity index is 1.81. The molecule has 4 aromatic rings. The molecule has 1 N–H and O–H groups in total. The lowest BCUT2D eigenvalue weighted by Crippen LogP contribution is -2.32. The number of pyridine rings is 1. The predicted octanol–water partition coefficient (Wildman–Crippen LogP) is 4.15. The van der Waals surface area contributed by atoms with Crippen molar-refractivity contribution in [3.8, 4) is 16.8 Å².